The maximum Gasteiger partial charge on any atom is 0.283 e. The van der Waals surface area contributed by atoms with E-state index >= 15 is 0 Å². The molecule has 0 spiro atoms. The van der Waals surface area contributed by atoms with Crippen molar-refractivity contribution in [3.8, 4) is 6.26 Å². The number of hydrogen-bond acceptors (Lipinski definition) is 3. The molecule has 0 aliphatic rings. The van der Waals surface area contributed by atoms with E-state index in [0.29, 0.717) is 22.7 Å². The van der Waals surface area contributed by atoms with Crippen LogP contribution in [-0.4, -0.2) is 16.3 Å². The fourth-order valence-electron chi connectivity index (χ4n) is 2.91. The maximum atomic E-state index is 9.82. The van der Waals surface area contributed by atoms with Gasteiger partial charge in [-0.25, -0.2) is 0 Å². The second-order valence-corrected chi connectivity index (χ2v) is 8.51. The molecule has 0 fully saturated rings. The SMILES string of the molecule is C=C(C)C(O)CCC(C)CCC(C)(C(C)C)C(C)(C)C.N#CO. The zero-order valence-electron chi connectivity index (χ0n) is 16.6. The van der Waals surface area contributed by atoms with Crippen molar-refractivity contribution >= 4 is 0 Å². The summed E-state index contributed by atoms with van der Waals surface area (Å²) < 4.78 is 0. The number of nitrogens with zero attached hydrogens (tertiary/aromatic N) is 1. The Kier molecular flexibility index (Phi) is 11.3. The van der Waals surface area contributed by atoms with Gasteiger partial charge < -0.3 is 10.2 Å². The third kappa shape index (κ3) is 9.01. The van der Waals surface area contributed by atoms with Gasteiger partial charge in [0.25, 0.3) is 6.26 Å². The fourth-order valence-corrected chi connectivity index (χ4v) is 2.91. The van der Waals surface area contributed by atoms with E-state index < -0.39 is 0 Å². The van der Waals surface area contributed by atoms with Crippen molar-refractivity contribution in [3.05, 3.63) is 12.2 Å². The molecule has 0 aromatic heterocycles. The van der Waals surface area contributed by atoms with Crippen molar-refractivity contribution in [3.63, 3.8) is 0 Å². The van der Waals surface area contributed by atoms with Crippen LogP contribution in [-0.2, 0) is 0 Å². The lowest BCUT2D eigenvalue weighted by Gasteiger charge is -2.46. The van der Waals surface area contributed by atoms with E-state index in [-0.39, 0.29) is 6.10 Å². The number of aliphatic hydroxyl groups excluding tert-OH is 2. The molecule has 0 radical (unpaired) electrons. The molecular formula is C20H39NO2. The van der Waals surface area contributed by atoms with E-state index in [1.165, 1.54) is 12.8 Å². The van der Waals surface area contributed by atoms with Gasteiger partial charge in [-0.1, -0.05) is 67.0 Å². The first-order valence-electron chi connectivity index (χ1n) is 8.70. The predicted molar refractivity (Wildman–Crippen MR) is 98.4 cm³/mol. The summed E-state index contributed by atoms with van der Waals surface area (Å²) in [5, 5.41) is 23.6. The standard InChI is InChI=1S/C19H38O.CHNO/c1-14(2)17(20)11-10-16(5)12-13-19(9,15(3)4)18(6,7)8;2-1-3/h15-17,20H,1,10-13H2,2-9H3;3H. The van der Waals surface area contributed by atoms with E-state index in [2.05, 4.69) is 55.0 Å². The summed E-state index contributed by atoms with van der Waals surface area (Å²) in [5.74, 6) is 1.36. The highest BCUT2D eigenvalue weighted by Gasteiger charge is 2.39. The highest BCUT2D eigenvalue weighted by atomic mass is 16.3. The molecule has 0 aromatic rings. The van der Waals surface area contributed by atoms with Crippen LogP contribution < -0.4 is 0 Å². The molecule has 23 heavy (non-hydrogen) atoms. The molecule has 0 amide bonds. The van der Waals surface area contributed by atoms with Crippen molar-refractivity contribution in [2.45, 2.75) is 87.2 Å². The zero-order chi connectivity index (χ0) is 18.8. The van der Waals surface area contributed by atoms with Crippen LogP contribution in [0.5, 0.6) is 0 Å². The van der Waals surface area contributed by atoms with Crippen LogP contribution in [0.25, 0.3) is 0 Å². The first-order chi connectivity index (χ1) is 10.3. The van der Waals surface area contributed by atoms with Gasteiger partial charge >= 0.3 is 0 Å². The zero-order valence-corrected chi connectivity index (χ0v) is 16.6. The Morgan fingerprint density at radius 3 is 1.83 bits per heavy atom. The second kappa shape index (κ2) is 10.7. The third-order valence-corrected chi connectivity index (χ3v) is 5.65. The van der Waals surface area contributed by atoms with Gasteiger partial charge in [-0.2, -0.15) is 5.26 Å². The smallest absolute Gasteiger partial charge is 0.283 e. The lowest BCUT2D eigenvalue weighted by Crippen LogP contribution is -2.38. The Morgan fingerprint density at radius 1 is 1.09 bits per heavy atom. The van der Waals surface area contributed by atoms with E-state index in [1.54, 1.807) is 0 Å². The van der Waals surface area contributed by atoms with Crippen LogP contribution in [0.1, 0.15) is 81.1 Å². The molecule has 0 saturated carbocycles. The van der Waals surface area contributed by atoms with E-state index in [4.69, 9.17) is 10.4 Å². The lowest BCUT2D eigenvalue weighted by atomic mass is 9.59. The predicted octanol–water partition coefficient (Wildman–Crippen LogP) is 5.67. The largest absolute Gasteiger partial charge is 0.443 e. The summed E-state index contributed by atoms with van der Waals surface area (Å²) in [6.45, 7) is 22.3. The minimum absolute atomic E-state index is 0.323. The summed E-state index contributed by atoms with van der Waals surface area (Å²) in [7, 11) is 0. The van der Waals surface area contributed by atoms with Crippen molar-refractivity contribution in [1.29, 1.82) is 5.26 Å². The molecule has 0 aliphatic carbocycles. The van der Waals surface area contributed by atoms with Gasteiger partial charge in [-0.3, -0.25) is 0 Å². The fraction of sp³-hybridized carbons (Fsp3) is 0.850. The minimum Gasteiger partial charge on any atom is -0.443 e. The molecule has 3 nitrogen and oxygen atoms in total. The number of rotatable bonds is 8. The Morgan fingerprint density at radius 2 is 1.52 bits per heavy atom. The molecule has 0 aliphatic heterocycles. The van der Waals surface area contributed by atoms with E-state index in [9.17, 15) is 5.11 Å². The Hall–Kier alpha value is -1.01. The summed E-state index contributed by atoms with van der Waals surface area (Å²) >= 11 is 0. The van der Waals surface area contributed by atoms with Crippen molar-refractivity contribution < 1.29 is 10.2 Å². The van der Waals surface area contributed by atoms with Gasteiger partial charge in [0, 0.05) is 0 Å². The molecule has 0 rings (SSSR count). The third-order valence-electron chi connectivity index (χ3n) is 5.65. The molecule has 3 unspecified atom stereocenters. The summed E-state index contributed by atoms with van der Waals surface area (Å²) in [4.78, 5) is 0. The molecule has 3 heteroatoms. The van der Waals surface area contributed by atoms with Gasteiger partial charge in [0.15, 0.2) is 0 Å². The highest BCUT2D eigenvalue weighted by Crippen LogP contribution is 2.48. The Balaban J connectivity index is 0. The molecular weight excluding hydrogens is 286 g/mol. The quantitative estimate of drug-likeness (QED) is 0.446. The molecule has 0 heterocycles. The first kappa shape index (κ1) is 24.2. The van der Waals surface area contributed by atoms with Crippen LogP contribution >= 0.6 is 0 Å². The highest BCUT2D eigenvalue weighted by molar-refractivity contribution is 4.96. The summed E-state index contributed by atoms with van der Waals surface area (Å²) in [6, 6.07) is 0. The van der Waals surface area contributed by atoms with E-state index in [0.717, 1.165) is 24.7 Å². The Bertz CT molecular complexity index is 376. The topological polar surface area (TPSA) is 64.2 Å². The van der Waals surface area contributed by atoms with Gasteiger partial charge in [0.05, 0.1) is 6.10 Å². The van der Waals surface area contributed by atoms with Crippen LogP contribution in [0.4, 0.5) is 0 Å². The average Bonchev–Trinajstić information content (AvgIpc) is 2.41. The number of nitriles is 1. The van der Waals surface area contributed by atoms with Crippen LogP contribution in [0.2, 0.25) is 0 Å². The number of hydrogen-bond donors (Lipinski definition) is 2. The summed E-state index contributed by atoms with van der Waals surface area (Å²) in [6.07, 6.45) is 4.88. The maximum absolute atomic E-state index is 9.82. The van der Waals surface area contributed by atoms with Crippen LogP contribution in [0, 0.1) is 34.2 Å². The van der Waals surface area contributed by atoms with Gasteiger partial charge in [0.2, 0.25) is 0 Å². The normalized spacial score (nSPS) is 16.6. The molecule has 0 bridgehead atoms. The lowest BCUT2D eigenvalue weighted by molar-refractivity contribution is 0.0340. The van der Waals surface area contributed by atoms with Gasteiger partial charge in [-0.05, 0) is 48.9 Å². The average molecular weight is 326 g/mol. The van der Waals surface area contributed by atoms with Gasteiger partial charge in [0.1, 0.15) is 0 Å². The van der Waals surface area contributed by atoms with Crippen molar-refractivity contribution in [2.75, 3.05) is 0 Å². The molecule has 0 aromatic carbocycles. The minimum atomic E-state index is -0.323. The number of aliphatic hydroxyl groups is 2. The van der Waals surface area contributed by atoms with Gasteiger partial charge in [-0.15, -0.1) is 0 Å². The monoisotopic (exact) mass is 325 g/mol. The molecule has 136 valence electrons. The van der Waals surface area contributed by atoms with E-state index in [1.807, 2.05) is 6.92 Å². The first-order valence-corrected chi connectivity index (χ1v) is 8.70. The second-order valence-electron chi connectivity index (χ2n) is 8.51. The summed E-state index contributed by atoms with van der Waals surface area (Å²) in [5.41, 5.74) is 1.59. The van der Waals surface area contributed by atoms with Crippen molar-refractivity contribution in [2.24, 2.45) is 22.7 Å². The van der Waals surface area contributed by atoms with Crippen LogP contribution in [0.3, 0.4) is 0 Å². The molecule has 2 N–H and O–H groups in total. The van der Waals surface area contributed by atoms with Crippen LogP contribution in [0.15, 0.2) is 12.2 Å². The molecule has 0 saturated heterocycles. The molecule has 3 atom stereocenters. The Labute approximate surface area is 144 Å². The van der Waals surface area contributed by atoms with Crippen molar-refractivity contribution in [1.82, 2.24) is 0 Å².